The molecule has 0 aliphatic carbocycles. The molecule has 2 aromatic carbocycles. The van der Waals surface area contributed by atoms with Gasteiger partial charge in [-0.15, -0.1) is 0 Å². The maximum absolute atomic E-state index is 13.0. The van der Waals surface area contributed by atoms with E-state index in [9.17, 15) is 18.1 Å². The van der Waals surface area contributed by atoms with Crippen LogP contribution < -0.4 is 0 Å². The van der Waals surface area contributed by atoms with Gasteiger partial charge in [-0.3, -0.25) is 0 Å². The fraction of sp³-hybridized carbons (Fsp3) is 0.167. The van der Waals surface area contributed by atoms with Gasteiger partial charge in [0.1, 0.15) is 16.8 Å². The summed E-state index contributed by atoms with van der Waals surface area (Å²) in [6.07, 6.45) is 1.38. The molecule has 0 spiro atoms. The molecule has 0 aromatic heterocycles. The third-order valence-corrected chi connectivity index (χ3v) is 5.22. The molecule has 0 atom stereocenters. The highest BCUT2D eigenvalue weighted by Crippen LogP contribution is 2.25. The van der Waals surface area contributed by atoms with Crippen molar-refractivity contribution < 1.29 is 12.8 Å². The van der Waals surface area contributed by atoms with Crippen LogP contribution in [0.25, 0.3) is 6.08 Å². The average Bonchev–Trinajstić information content (AvgIpc) is 2.46. The van der Waals surface area contributed by atoms with Crippen LogP contribution in [0.3, 0.4) is 0 Å². The molecule has 0 radical (unpaired) electrons. The molecule has 0 aliphatic rings. The molecule has 0 amide bonds. The van der Waals surface area contributed by atoms with Crippen LogP contribution in [0.15, 0.2) is 46.2 Å². The van der Waals surface area contributed by atoms with Crippen molar-refractivity contribution >= 4 is 15.9 Å². The van der Waals surface area contributed by atoms with Gasteiger partial charge < -0.3 is 0 Å². The summed E-state index contributed by atoms with van der Waals surface area (Å²) in [5, 5.41) is 9.30. The second-order valence-electron chi connectivity index (χ2n) is 5.39. The molecule has 0 N–H and O–H groups in total. The fourth-order valence-corrected chi connectivity index (χ4v) is 3.60. The van der Waals surface area contributed by atoms with Crippen LogP contribution in [-0.2, 0) is 9.84 Å². The molecular formula is C18H16FNO2S. The molecule has 5 heteroatoms. The van der Waals surface area contributed by atoms with Gasteiger partial charge in [0.15, 0.2) is 0 Å². The molecule has 3 nitrogen and oxygen atoms in total. The van der Waals surface area contributed by atoms with Crippen molar-refractivity contribution in [3.8, 4) is 6.07 Å². The summed E-state index contributed by atoms with van der Waals surface area (Å²) in [5.74, 6) is -0.531. The molecule has 0 bridgehead atoms. The van der Waals surface area contributed by atoms with E-state index >= 15 is 0 Å². The highest BCUT2D eigenvalue weighted by Gasteiger charge is 2.21. The van der Waals surface area contributed by atoms with Crippen molar-refractivity contribution in [2.24, 2.45) is 0 Å². The van der Waals surface area contributed by atoms with Gasteiger partial charge in [-0.1, -0.05) is 17.7 Å². The van der Waals surface area contributed by atoms with Gasteiger partial charge in [0.05, 0.1) is 4.90 Å². The van der Waals surface area contributed by atoms with E-state index in [0.717, 1.165) is 41.0 Å². The minimum absolute atomic E-state index is 0.103. The van der Waals surface area contributed by atoms with Crippen molar-refractivity contribution in [1.29, 1.82) is 5.26 Å². The highest BCUT2D eigenvalue weighted by molar-refractivity contribution is 7.95. The predicted molar refractivity (Wildman–Crippen MR) is 87.8 cm³/mol. The minimum atomic E-state index is -3.98. The summed E-state index contributed by atoms with van der Waals surface area (Å²) in [7, 11) is -3.98. The molecule has 2 aromatic rings. The van der Waals surface area contributed by atoms with E-state index in [4.69, 9.17) is 0 Å². The minimum Gasteiger partial charge on any atom is -0.218 e. The monoisotopic (exact) mass is 329 g/mol. The van der Waals surface area contributed by atoms with Crippen molar-refractivity contribution in [1.82, 2.24) is 0 Å². The van der Waals surface area contributed by atoms with Crippen LogP contribution >= 0.6 is 0 Å². The number of nitriles is 1. The number of hydrogen-bond acceptors (Lipinski definition) is 3. The maximum atomic E-state index is 13.0. The van der Waals surface area contributed by atoms with Gasteiger partial charge in [0.2, 0.25) is 9.84 Å². The first-order valence-electron chi connectivity index (χ1n) is 6.96. The highest BCUT2D eigenvalue weighted by atomic mass is 32.2. The Bertz CT molecular complexity index is 897. The van der Waals surface area contributed by atoms with Crippen LogP contribution in [0, 0.1) is 37.9 Å². The second-order valence-corrected chi connectivity index (χ2v) is 7.31. The molecule has 23 heavy (non-hydrogen) atoms. The molecular weight excluding hydrogens is 313 g/mol. The Morgan fingerprint density at radius 3 is 2.09 bits per heavy atom. The first kappa shape index (κ1) is 16.9. The number of allylic oxidation sites excluding steroid dienone is 1. The van der Waals surface area contributed by atoms with Gasteiger partial charge in [0, 0.05) is 0 Å². The Labute approximate surface area is 135 Å². The van der Waals surface area contributed by atoms with Gasteiger partial charge in [0.25, 0.3) is 0 Å². The van der Waals surface area contributed by atoms with E-state index in [1.54, 1.807) is 6.07 Å². The summed E-state index contributed by atoms with van der Waals surface area (Å²) < 4.78 is 38.1. The van der Waals surface area contributed by atoms with Gasteiger partial charge in [-0.25, -0.2) is 12.8 Å². The lowest BCUT2D eigenvalue weighted by molar-refractivity contribution is 0.601. The van der Waals surface area contributed by atoms with E-state index in [1.807, 2.05) is 32.9 Å². The van der Waals surface area contributed by atoms with Gasteiger partial charge in [-0.2, -0.15) is 5.26 Å². The van der Waals surface area contributed by atoms with Crippen molar-refractivity contribution in [2.45, 2.75) is 25.7 Å². The first-order chi connectivity index (χ1) is 10.8. The lowest BCUT2D eigenvalue weighted by Gasteiger charge is -2.09. The van der Waals surface area contributed by atoms with Crippen LogP contribution in [0.4, 0.5) is 4.39 Å². The Balaban J connectivity index is 2.60. The Morgan fingerprint density at radius 1 is 1.09 bits per heavy atom. The number of sulfone groups is 1. The summed E-state index contributed by atoms with van der Waals surface area (Å²) >= 11 is 0. The molecule has 0 saturated heterocycles. The van der Waals surface area contributed by atoms with Crippen molar-refractivity contribution in [3.05, 3.63) is 69.4 Å². The molecule has 0 saturated carbocycles. The van der Waals surface area contributed by atoms with Gasteiger partial charge in [-0.05, 0) is 67.8 Å². The fourth-order valence-electron chi connectivity index (χ4n) is 2.46. The third-order valence-electron chi connectivity index (χ3n) is 3.54. The summed E-state index contributed by atoms with van der Waals surface area (Å²) in [6.45, 7) is 5.69. The molecule has 0 unspecified atom stereocenters. The number of aryl methyl sites for hydroxylation is 3. The first-order valence-corrected chi connectivity index (χ1v) is 8.44. The lowest BCUT2D eigenvalue weighted by atomic mass is 9.99. The standard InChI is InChI=1S/C18H16FNO2S/c1-12-8-13(2)18(14(3)9-12)10-17(11-20)23(21,22)16-6-4-15(19)5-7-16/h4-10H,1-3H3/b17-10+. The molecule has 0 aliphatic heterocycles. The van der Waals surface area contributed by atoms with E-state index in [2.05, 4.69) is 0 Å². The Hall–Kier alpha value is -2.45. The topological polar surface area (TPSA) is 57.9 Å². The molecule has 0 heterocycles. The Morgan fingerprint density at radius 2 is 1.61 bits per heavy atom. The number of halogens is 1. The smallest absolute Gasteiger partial charge is 0.216 e. The van der Waals surface area contributed by atoms with E-state index in [0.29, 0.717) is 5.56 Å². The average molecular weight is 329 g/mol. The van der Waals surface area contributed by atoms with E-state index in [-0.39, 0.29) is 9.80 Å². The van der Waals surface area contributed by atoms with Crippen LogP contribution in [0.5, 0.6) is 0 Å². The summed E-state index contributed by atoms with van der Waals surface area (Å²) in [4.78, 5) is -0.465. The van der Waals surface area contributed by atoms with Crippen LogP contribution in [0.2, 0.25) is 0 Å². The zero-order valence-corrected chi connectivity index (χ0v) is 13.9. The van der Waals surface area contributed by atoms with Crippen molar-refractivity contribution in [2.75, 3.05) is 0 Å². The molecule has 118 valence electrons. The zero-order valence-electron chi connectivity index (χ0n) is 13.1. The Kier molecular flexibility index (Phi) is 4.67. The normalized spacial score (nSPS) is 12.0. The largest absolute Gasteiger partial charge is 0.218 e. The zero-order chi connectivity index (χ0) is 17.2. The molecule has 0 fully saturated rings. The quantitative estimate of drug-likeness (QED) is 0.629. The third kappa shape index (κ3) is 3.49. The van der Waals surface area contributed by atoms with Crippen LogP contribution in [0.1, 0.15) is 22.3 Å². The predicted octanol–water partition coefficient (Wildman–Crippen LogP) is 4.09. The SMILES string of the molecule is Cc1cc(C)c(/C=C(\C#N)S(=O)(=O)c2ccc(F)cc2)c(C)c1. The number of hydrogen-bond donors (Lipinski definition) is 0. The summed E-state index contributed by atoms with van der Waals surface area (Å²) in [5.41, 5.74) is 3.56. The van der Waals surface area contributed by atoms with Gasteiger partial charge >= 0.3 is 0 Å². The van der Waals surface area contributed by atoms with E-state index < -0.39 is 15.7 Å². The number of nitrogens with zero attached hydrogens (tertiary/aromatic N) is 1. The number of rotatable bonds is 3. The number of benzene rings is 2. The van der Waals surface area contributed by atoms with Crippen molar-refractivity contribution in [3.63, 3.8) is 0 Å². The van der Waals surface area contributed by atoms with E-state index in [1.165, 1.54) is 6.08 Å². The second kappa shape index (κ2) is 6.35. The molecule has 2 rings (SSSR count). The lowest BCUT2D eigenvalue weighted by Crippen LogP contribution is -2.04. The maximum Gasteiger partial charge on any atom is 0.216 e. The van der Waals surface area contributed by atoms with Crippen LogP contribution in [-0.4, -0.2) is 8.42 Å². The summed E-state index contributed by atoms with van der Waals surface area (Å²) in [6, 6.07) is 10.0.